The molecule has 0 fully saturated rings. The van der Waals surface area contributed by atoms with Crippen LogP contribution in [0.5, 0.6) is 0 Å². The summed E-state index contributed by atoms with van der Waals surface area (Å²) in [5.41, 5.74) is -0.249. The molecule has 1 aromatic heterocycles. The van der Waals surface area contributed by atoms with Crippen LogP contribution < -0.4 is 5.69 Å². The summed E-state index contributed by atoms with van der Waals surface area (Å²) < 4.78 is 6.12. The van der Waals surface area contributed by atoms with Crippen LogP contribution in [0.15, 0.2) is 9.95 Å². The van der Waals surface area contributed by atoms with Crippen molar-refractivity contribution in [2.45, 2.75) is 37.2 Å². The van der Waals surface area contributed by atoms with Crippen molar-refractivity contribution >= 4 is 17.7 Å². The van der Waals surface area contributed by atoms with Gasteiger partial charge in [0.1, 0.15) is 5.25 Å². The summed E-state index contributed by atoms with van der Waals surface area (Å²) in [5, 5.41) is 6.38. The molecule has 0 radical (unpaired) electrons. The summed E-state index contributed by atoms with van der Waals surface area (Å²) in [7, 11) is 1.34. The van der Waals surface area contributed by atoms with Crippen LogP contribution in [-0.2, 0) is 16.1 Å². The lowest BCUT2D eigenvalue weighted by Crippen LogP contribution is -2.19. The Balaban J connectivity index is 2.81. The third kappa shape index (κ3) is 2.88. The Morgan fingerprint density at radius 1 is 1.69 bits per heavy atom. The zero-order valence-corrected chi connectivity index (χ0v) is 10.3. The van der Waals surface area contributed by atoms with Gasteiger partial charge >= 0.3 is 11.7 Å². The van der Waals surface area contributed by atoms with E-state index in [2.05, 4.69) is 14.9 Å². The minimum absolute atomic E-state index is 0.249. The van der Waals surface area contributed by atoms with Gasteiger partial charge in [-0.25, -0.2) is 9.89 Å². The number of carbonyl (C=O) groups excluding carboxylic acids is 1. The number of aromatic nitrogens is 3. The molecule has 0 spiro atoms. The van der Waals surface area contributed by atoms with Gasteiger partial charge in [-0.1, -0.05) is 18.7 Å². The average molecular weight is 245 g/mol. The molecule has 1 rings (SSSR count). The second-order valence-electron chi connectivity index (χ2n) is 3.25. The van der Waals surface area contributed by atoms with E-state index in [4.69, 9.17) is 0 Å². The van der Waals surface area contributed by atoms with Crippen LogP contribution in [0, 0.1) is 0 Å². The molecule has 0 aliphatic heterocycles. The highest BCUT2D eigenvalue weighted by atomic mass is 32.2. The van der Waals surface area contributed by atoms with Crippen LogP contribution in [0.4, 0.5) is 0 Å². The highest BCUT2D eigenvalue weighted by molar-refractivity contribution is 8.00. The van der Waals surface area contributed by atoms with Crippen LogP contribution >= 0.6 is 11.8 Å². The number of thioether (sulfide) groups is 1. The monoisotopic (exact) mass is 245 g/mol. The maximum Gasteiger partial charge on any atom is 0.343 e. The molecule has 1 atom stereocenters. The van der Waals surface area contributed by atoms with Crippen LogP contribution in [0.1, 0.15) is 20.3 Å². The first-order valence-corrected chi connectivity index (χ1v) is 5.87. The smallest absolute Gasteiger partial charge is 0.343 e. The molecule has 1 heterocycles. The summed E-state index contributed by atoms with van der Waals surface area (Å²) >= 11 is 1.21. The van der Waals surface area contributed by atoms with Crippen LogP contribution in [0.2, 0.25) is 0 Å². The first-order chi connectivity index (χ1) is 7.60. The van der Waals surface area contributed by atoms with E-state index in [9.17, 15) is 9.59 Å². The van der Waals surface area contributed by atoms with E-state index in [1.54, 1.807) is 6.92 Å². The van der Waals surface area contributed by atoms with Gasteiger partial charge in [-0.05, 0) is 13.3 Å². The van der Waals surface area contributed by atoms with E-state index >= 15 is 0 Å². The predicted molar refractivity (Wildman–Crippen MR) is 60.5 cm³/mol. The van der Waals surface area contributed by atoms with Crippen molar-refractivity contribution in [3.05, 3.63) is 10.5 Å². The van der Waals surface area contributed by atoms with Gasteiger partial charge in [-0.15, -0.1) is 5.10 Å². The van der Waals surface area contributed by atoms with Crippen molar-refractivity contribution in [1.29, 1.82) is 0 Å². The molecule has 1 unspecified atom stereocenters. The molecule has 6 nitrogen and oxygen atoms in total. The molecule has 0 amide bonds. The number of aromatic amines is 1. The fourth-order valence-corrected chi connectivity index (χ4v) is 2.09. The summed E-state index contributed by atoms with van der Waals surface area (Å²) in [6, 6.07) is 0. The zero-order chi connectivity index (χ0) is 12.1. The molecular formula is C9H15N3O3S. The third-order valence-corrected chi connectivity index (χ3v) is 3.05. The number of nitrogens with one attached hydrogen (secondary N) is 1. The number of nitrogens with zero attached hydrogens (tertiary/aromatic N) is 2. The number of methoxy groups -OCH3 is 1. The van der Waals surface area contributed by atoms with Crippen molar-refractivity contribution in [3.8, 4) is 0 Å². The van der Waals surface area contributed by atoms with Gasteiger partial charge in [-0.2, -0.15) is 0 Å². The topological polar surface area (TPSA) is 77.0 Å². The fourth-order valence-electron chi connectivity index (χ4n) is 1.19. The van der Waals surface area contributed by atoms with Crippen molar-refractivity contribution < 1.29 is 9.53 Å². The van der Waals surface area contributed by atoms with Gasteiger partial charge in [0.05, 0.1) is 7.11 Å². The highest BCUT2D eigenvalue weighted by Crippen LogP contribution is 2.20. The number of rotatable bonds is 5. The molecule has 0 aliphatic rings. The molecule has 0 saturated carbocycles. The largest absolute Gasteiger partial charge is 0.468 e. The second kappa shape index (κ2) is 5.74. The van der Waals surface area contributed by atoms with Crippen molar-refractivity contribution in [2.24, 2.45) is 0 Å². The summed E-state index contributed by atoms with van der Waals surface area (Å²) in [4.78, 5) is 22.6. The number of esters is 1. The Morgan fingerprint density at radius 3 is 2.94 bits per heavy atom. The van der Waals surface area contributed by atoms with Crippen molar-refractivity contribution in [2.75, 3.05) is 7.11 Å². The Hall–Kier alpha value is -1.24. The average Bonchev–Trinajstić information content (AvgIpc) is 2.61. The Labute approximate surface area is 97.4 Å². The number of hydrogen-bond donors (Lipinski definition) is 1. The summed E-state index contributed by atoms with van der Waals surface area (Å²) in [5.74, 6) is -0.330. The molecule has 90 valence electrons. The van der Waals surface area contributed by atoms with Crippen molar-refractivity contribution in [3.63, 3.8) is 0 Å². The van der Waals surface area contributed by atoms with Gasteiger partial charge in [0, 0.05) is 6.54 Å². The summed E-state index contributed by atoms with van der Waals surface area (Å²) in [6.45, 7) is 4.27. The minimum Gasteiger partial charge on any atom is -0.468 e. The minimum atomic E-state index is -0.379. The molecule has 1 N–H and O–H groups in total. The maximum absolute atomic E-state index is 11.4. The lowest BCUT2D eigenvalue weighted by molar-refractivity contribution is -0.139. The van der Waals surface area contributed by atoms with Gasteiger partial charge in [0.25, 0.3) is 0 Å². The maximum atomic E-state index is 11.4. The van der Waals surface area contributed by atoms with E-state index in [0.717, 1.165) is 6.42 Å². The van der Waals surface area contributed by atoms with Gasteiger partial charge < -0.3 is 4.74 Å². The number of hydrogen-bond acceptors (Lipinski definition) is 5. The first-order valence-electron chi connectivity index (χ1n) is 4.99. The quantitative estimate of drug-likeness (QED) is 0.608. The second-order valence-corrected chi connectivity index (χ2v) is 4.55. The number of H-pyrrole nitrogens is 1. The molecule has 0 bridgehead atoms. The standard InChI is InChI=1S/C9H15N3O3S/c1-4-5-12-8(14)10-11-9(12)16-6(2)7(13)15-3/h6H,4-5H2,1-3H3,(H,10,14). The molecule has 7 heteroatoms. The Kier molecular flexibility index (Phi) is 4.60. The lowest BCUT2D eigenvalue weighted by Gasteiger charge is -2.08. The molecule has 16 heavy (non-hydrogen) atoms. The molecule has 1 aromatic rings. The highest BCUT2D eigenvalue weighted by Gasteiger charge is 2.18. The molecule has 0 aromatic carbocycles. The van der Waals surface area contributed by atoms with Gasteiger partial charge in [0.2, 0.25) is 0 Å². The van der Waals surface area contributed by atoms with Crippen LogP contribution in [0.25, 0.3) is 0 Å². The number of carbonyl (C=O) groups is 1. The fraction of sp³-hybridized carbons (Fsp3) is 0.667. The summed E-state index contributed by atoms with van der Waals surface area (Å²) in [6.07, 6.45) is 0.833. The molecule has 0 aliphatic carbocycles. The first kappa shape index (κ1) is 12.8. The van der Waals surface area contributed by atoms with E-state index < -0.39 is 0 Å². The Morgan fingerprint density at radius 2 is 2.38 bits per heavy atom. The van der Waals surface area contributed by atoms with Crippen LogP contribution in [-0.4, -0.2) is 33.1 Å². The van der Waals surface area contributed by atoms with Crippen LogP contribution in [0.3, 0.4) is 0 Å². The van der Waals surface area contributed by atoms with E-state index in [1.165, 1.54) is 23.4 Å². The normalized spacial score (nSPS) is 12.4. The Bertz CT molecular complexity index is 412. The molecule has 0 saturated heterocycles. The van der Waals surface area contributed by atoms with E-state index in [0.29, 0.717) is 11.7 Å². The predicted octanol–water partition coefficient (Wildman–Crippen LogP) is 0.635. The van der Waals surface area contributed by atoms with E-state index in [1.807, 2.05) is 6.92 Å². The third-order valence-electron chi connectivity index (χ3n) is 1.99. The van der Waals surface area contributed by atoms with E-state index in [-0.39, 0.29) is 16.9 Å². The van der Waals surface area contributed by atoms with Gasteiger partial charge in [0.15, 0.2) is 5.16 Å². The zero-order valence-electron chi connectivity index (χ0n) is 9.52. The lowest BCUT2D eigenvalue weighted by atomic mass is 10.5. The van der Waals surface area contributed by atoms with Gasteiger partial charge in [-0.3, -0.25) is 9.36 Å². The van der Waals surface area contributed by atoms with Crippen molar-refractivity contribution in [1.82, 2.24) is 14.8 Å². The SMILES string of the molecule is CCCn1c(SC(C)C(=O)OC)n[nH]c1=O. The number of ether oxygens (including phenoxy) is 1. The molecular weight excluding hydrogens is 230 g/mol.